The van der Waals surface area contributed by atoms with E-state index in [0.717, 1.165) is 23.5 Å². The molecule has 1 saturated heterocycles. The zero-order valence-corrected chi connectivity index (χ0v) is 14.6. The smallest absolute Gasteiger partial charge is 0.305 e. The first kappa shape index (κ1) is 17.9. The Morgan fingerprint density at radius 1 is 1.35 bits per heavy atom. The van der Waals surface area contributed by atoms with Crippen molar-refractivity contribution in [2.24, 2.45) is 0 Å². The predicted octanol–water partition coefficient (Wildman–Crippen LogP) is 3.16. The molecular formula is C18H25NO3S. The second-order valence-electron chi connectivity index (χ2n) is 6.11. The molecule has 1 aliphatic heterocycles. The first-order valence-corrected chi connectivity index (χ1v) is 9.34. The molecule has 4 nitrogen and oxygen atoms in total. The third-order valence-electron chi connectivity index (χ3n) is 4.40. The molecule has 1 amide bonds. The molecule has 1 aromatic rings. The van der Waals surface area contributed by atoms with Crippen LogP contribution < -0.4 is 0 Å². The Morgan fingerprint density at radius 3 is 2.65 bits per heavy atom. The number of thioether (sulfide) groups is 1. The number of rotatable bonds is 6. The molecule has 1 heterocycles. The minimum atomic E-state index is -0.835. The number of nitrogens with zero attached hydrogens (tertiary/aromatic N) is 1. The SMILES string of the molecule is CCc1ccc(C(C)CC(=O)N2CCSCC2CC(=O)O)cc1. The molecule has 2 atom stereocenters. The molecule has 0 spiro atoms. The first-order chi connectivity index (χ1) is 11.0. The van der Waals surface area contributed by atoms with Gasteiger partial charge in [0.15, 0.2) is 0 Å². The Labute approximate surface area is 142 Å². The summed E-state index contributed by atoms with van der Waals surface area (Å²) in [5, 5.41) is 9.03. The van der Waals surface area contributed by atoms with Gasteiger partial charge in [-0.2, -0.15) is 11.8 Å². The number of aryl methyl sites for hydroxylation is 1. The van der Waals surface area contributed by atoms with E-state index in [1.807, 2.05) is 0 Å². The van der Waals surface area contributed by atoms with Crippen molar-refractivity contribution in [3.8, 4) is 0 Å². The van der Waals surface area contributed by atoms with Gasteiger partial charge in [0.2, 0.25) is 5.91 Å². The lowest BCUT2D eigenvalue weighted by molar-refractivity contribution is -0.140. The van der Waals surface area contributed by atoms with Gasteiger partial charge in [-0.3, -0.25) is 9.59 Å². The summed E-state index contributed by atoms with van der Waals surface area (Å²) in [7, 11) is 0. The maximum absolute atomic E-state index is 12.6. The van der Waals surface area contributed by atoms with Crippen LogP contribution >= 0.6 is 11.8 Å². The van der Waals surface area contributed by atoms with Crippen molar-refractivity contribution >= 4 is 23.6 Å². The van der Waals surface area contributed by atoms with Gasteiger partial charge in [0.05, 0.1) is 12.5 Å². The highest BCUT2D eigenvalue weighted by molar-refractivity contribution is 7.99. The summed E-state index contributed by atoms with van der Waals surface area (Å²) in [6, 6.07) is 8.24. The summed E-state index contributed by atoms with van der Waals surface area (Å²) in [4.78, 5) is 25.4. The van der Waals surface area contributed by atoms with Gasteiger partial charge in [-0.1, -0.05) is 38.1 Å². The molecule has 1 aromatic carbocycles. The van der Waals surface area contributed by atoms with E-state index in [1.165, 1.54) is 5.56 Å². The molecule has 2 rings (SSSR count). The highest BCUT2D eigenvalue weighted by atomic mass is 32.2. The number of hydrogen-bond donors (Lipinski definition) is 1. The lowest BCUT2D eigenvalue weighted by atomic mass is 9.95. The fraction of sp³-hybridized carbons (Fsp3) is 0.556. The van der Waals surface area contributed by atoms with E-state index < -0.39 is 5.97 Å². The van der Waals surface area contributed by atoms with Crippen LogP contribution in [-0.2, 0) is 16.0 Å². The van der Waals surface area contributed by atoms with E-state index in [0.29, 0.717) is 13.0 Å². The quantitative estimate of drug-likeness (QED) is 0.867. The summed E-state index contributed by atoms with van der Waals surface area (Å²) in [5.41, 5.74) is 2.46. The molecule has 2 unspecified atom stereocenters. The number of hydrogen-bond acceptors (Lipinski definition) is 3. The summed E-state index contributed by atoms with van der Waals surface area (Å²) < 4.78 is 0. The van der Waals surface area contributed by atoms with Crippen LogP contribution in [0.2, 0.25) is 0 Å². The van der Waals surface area contributed by atoms with E-state index in [9.17, 15) is 9.59 Å². The van der Waals surface area contributed by atoms with E-state index >= 15 is 0 Å². The zero-order valence-electron chi connectivity index (χ0n) is 13.8. The van der Waals surface area contributed by atoms with Crippen LogP contribution in [0.1, 0.15) is 43.7 Å². The lowest BCUT2D eigenvalue weighted by Gasteiger charge is -2.35. The zero-order chi connectivity index (χ0) is 16.8. The topological polar surface area (TPSA) is 57.6 Å². The number of carbonyl (C=O) groups excluding carboxylic acids is 1. The lowest BCUT2D eigenvalue weighted by Crippen LogP contribution is -2.47. The number of aliphatic carboxylic acids is 1. The molecule has 1 aliphatic rings. The van der Waals surface area contributed by atoms with E-state index in [-0.39, 0.29) is 24.3 Å². The third-order valence-corrected chi connectivity index (χ3v) is 5.49. The van der Waals surface area contributed by atoms with Crippen molar-refractivity contribution in [2.75, 3.05) is 18.1 Å². The number of carboxylic acid groups (broad SMARTS) is 1. The Morgan fingerprint density at radius 2 is 2.04 bits per heavy atom. The Bertz CT molecular complexity index is 544. The van der Waals surface area contributed by atoms with Crippen molar-refractivity contribution < 1.29 is 14.7 Å². The Balaban J connectivity index is 1.99. The maximum atomic E-state index is 12.6. The molecule has 0 aliphatic carbocycles. The Kier molecular flexibility index (Phi) is 6.51. The highest BCUT2D eigenvalue weighted by Crippen LogP contribution is 2.25. The summed E-state index contributed by atoms with van der Waals surface area (Å²) in [6.45, 7) is 4.84. The van der Waals surface area contributed by atoms with Gasteiger partial charge in [-0.15, -0.1) is 0 Å². The molecule has 0 radical (unpaired) electrons. The fourth-order valence-electron chi connectivity index (χ4n) is 2.93. The molecule has 0 saturated carbocycles. The van der Waals surface area contributed by atoms with Crippen LogP contribution in [0.5, 0.6) is 0 Å². The molecule has 0 aromatic heterocycles. The number of carbonyl (C=O) groups is 2. The average Bonchev–Trinajstić information content (AvgIpc) is 2.54. The predicted molar refractivity (Wildman–Crippen MR) is 93.9 cm³/mol. The average molecular weight is 335 g/mol. The summed E-state index contributed by atoms with van der Waals surface area (Å²) in [5.74, 6) is 0.995. The van der Waals surface area contributed by atoms with Crippen LogP contribution in [-0.4, -0.2) is 46.0 Å². The molecule has 0 bridgehead atoms. The minimum absolute atomic E-state index is 0.0400. The van der Waals surface area contributed by atoms with E-state index in [1.54, 1.807) is 16.7 Å². The monoisotopic (exact) mass is 335 g/mol. The van der Waals surface area contributed by atoms with Gasteiger partial charge in [0.1, 0.15) is 0 Å². The van der Waals surface area contributed by atoms with E-state index in [4.69, 9.17) is 5.11 Å². The van der Waals surface area contributed by atoms with Crippen LogP contribution in [0.25, 0.3) is 0 Å². The number of benzene rings is 1. The first-order valence-electron chi connectivity index (χ1n) is 8.19. The molecule has 5 heteroatoms. The molecule has 126 valence electrons. The van der Waals surface area contributed by atoms with Crippen molar-refractivity contribution in [1.82, 2.24) is 4.90 Å². The summed E-state index contributed by atoms with van der Waals surface area (Å²) in [6.07, 6.45) is 1.49. The van der Waals surface area contributed by atoms with Gasteiger partial charge < -0.3 is 10.0 Å². The highest BCUT2D eigenvalue weighted by Gasteiger charge is 2.29. The van der Waals surface area contributed by atoms with Gasteiger partial charge in [0, 0.05) is 24.5 Å². The van der Waals surface area contributed by atoms with Gasteiger partial charge in [-0.05, 0) is 23.5 Å². The minimum Gasteiger partial charge on any atom is -0.481 e. The standard InChI is InChI=1S/C18H25NO3S/c1-3-14-4-6-15(7-5-14)13(2)10-17(20)19-8-9-23-12-16(19)11-18(21)22/h4-7,13,16H,3,8-12H2,1-2H3,(H,21,22). The molecule has 23 heavy (non-hydrogen) atoms. The van der Waals surface area contributed by atoms with Crippen molar-refractivity contribution in [1.29, 1.82) is 0 Å². The largest absolute Gasteiger partial charge is 0.481 e. The second-order valence-corrected chi connectivity index (χ2v) is 7.26. The van der Waals surface area contributed by atoms with E-state index in [2.05, 4.69) is 38.1 Å². The van der Waals surface area contributed by atoms with Crippen molar-refractivity contribution in [2.45, 2.75) is 45.1 Å². The van der Waals surface area contributed by atoms with Crippen LogP contribution in [0.3, 0.4) is 0 Å². The van der Waals surface area contributed by atoms with Gasteiger partial charge in [0.25, 0.3) is 0 Å². The molecule has 1 N–H and O–H groups in total. The maximum Gasteiger partial charge on any atom is 0.305 e. The van der Waals surface area contributed by atoms with Gasteiger partial charge in [-0.25, -0.2) is 0 Å². The number of carboxylic acids is 1. The third kappa shape index (κ3) is 4.99. The normalized spacial score (nSPS) is 19.4. The molecular weight excluding hydrogens is 310 g/mol. The van der Waals surface area contributed by atoms with Crippen molar-refractivity contribution in [3.05, 3.63) is 35.4 Å². The van der Waals surface area contributed by atoms with Crippen LogP contribution in [0, 0.1) is 0 Å². The Hall–Kier alpha value is -1.49. The molecule has 1 fully saturated rings. The van der Waals surface area contributed by atoms with Crippen LogP contribution in [0.4, 0.5) is 0 Å². The fourth-order valence-corrected chi connectivity index (χ4v) is 4.00. The van der Waals surface area contributed by atoms with Crippen molar-refractivity contribution in [3.63, 3.8) is 0 Å². The second kappa shape index (κ2) is 8.39. The van der Waals surface area contributed by atoms with Gasteiger partial charge >= 0.3 is 5.97 Å². The number of amides is 1. The summed E-state index contributed by atoms with van der Waals surface area (Å²) >= 11 is 1.73. The van der Waals surface area contributed by atoms with Crippen LogP contribution in [0.15, 0.2) is 24.3 Å².